The summed E-state index contributed by atoms with van der Waals surface area (Å²) in [5.41, 5.74) is 0.765. The predicted octanol–water partition coefficient (Wildman–Crippen LogP) is 4.34. The van der Waals surface area contributed by atoms with Gasteiger partial charge in [-0.1, -0.05) is 36.6 Å². The summed E-state index contributed by atoms with van der Waals surface area (Å²) in [7, 11) is 0. The molecular weight excluding hydrogens is 364 g/mol. The summed E-state index contributed by atoms with van der Waals surface area (Å²) < 4.78 is 5.33. The van der Waals surface area contributed by atoms with E-state index < -0.39 is 6.04 Å². The molecule has 2 aromatic rings. The Morgan fingerprint density at radius 2 is 1.78 bits per heavy atom. The number of nitrogens with zero attached hydrogens (tertiary/aromatic N) is 1. The topological polar surface area (TPSA) is 62.6 Å². The van der Waals surface area contributed by atoms with Crippen molar-refractivity contribution in [2.24, 2.45) is 0 Å². The molecule has 2 aliphatic rings. The quantitative estimate of drug-likeness (QED) is 0.803. The van der Waals surface area contributed by atoms with Crippen LogP contribution in [0.15, 0.2) is 47.1 Å². The van der Waals surface area contributed by atoms with Crippen molar-refractivity contribution in [1.82, 2.24) is 10.2 Å². The summed E-state index contributed by atoms with van der Waals surface area (Å²) in [6.07, 6.45) is 7.53. The molecule has 1 unspecified atom stereocenters. The summed E-state index contributed by atoms with van der Waals surface area (Å²) >= 11 is 6.04. The molecule has 0 bridgehead atoms. The highest BCUT2D eigenvalue weighted by Crippen LogP contribution is 2.37. The SMILES string of the molecule is O=C(NC1CCCC1)C(c1ccc(Cl)cc1)N(C(=O)c1ccco1)C1CC1. The Kier molecular flexibility index (Phi) is 5.21. The number of hydrogen-bond acceptors (Lipinski definition) is 3. The molecule has 27 heavy (non-hydrogen) atoms. The zero-order valence-corrected chi connectivity index (χ0v) is 15.8. The number of furan rings is 1. The van der Waals surface area contributed by atoms with Gasteiger partial charge in [0.1, 0.15) is 6.04 Å². The van der Waals surface area contributed by atoms with Gasteiger partial charge in [-0.2, -0.15) is 0 Å². The average molecular weight is 387 g/mol. The van der Waals surface area contributed by atoms with E-state index >= 15 is 0 Å². The molecule has 1 aromatic heterocycles. The molecule has 4 rings (SSSR count). The number of hydrogen-bond donors (Lipinski definition) is 1. The molecule has 2 aliphatic carbocycles. The van der Waals surface area contributed by atoms with Crippen LogP contribution in [0.2, 0.25) is 5.02 Å². The number of nitrogens with one attached hydrogen (secondary N) is 1. The molecule has 0 aliphatic heterocycles. The largest absolute Gasteiger partial charge is 0.459 e. The van der Waals surface area contributed by atoms with Crippen LogP contribution in [0.1, 0.15) is 60.7 Å². The summed E-state index contributed by atoms with van der Waals surface area (Å²) in [5, 5.41) is 3.76. The third-order valence-electron chi connectivity index (χ3n) is 5.32. The van der Waals surface area contributed by atoms with Crippen LogP contribution in [-0.4, -0.2) is 28.8 Å². The van der Waals surface area contributed by atoms with Crippen LogP contribution < -0.4 is 5.32 Å². The van der Waals surface area contributed by atoms with E-state index in [-0.39, 0.29) is 29.7 Å². The first-order chi connectivity index (χ1) is 13.1. The highest BCUT2D eigenvalue weighted by atomic mass is 35.5. The van der Waals surface area contributed by atoms with Crippen molar-refractivity contribution >= 4 is 23.4 Å². The summed E-state index contributed by atoms with van der Waals surface area (Å²) in [4.78, 5) is 28.1. The Morgan fingerprint density at radius 3 is 2.37 bits per heavy atom. The van der Waals surface area contributed by atoms with Crippen LogP contribution in [0.4, 0.5) is 0 Å². The third kappa shape index (κ3) is 4.03. The molecule has 2 fully saturated rings. The molecule has 2 amide bonds. The molecule has 0 radical (unpaired) electrons. The van der Waals surface area contributed by atoms with Gasteiger partial charge in [0.15, 0.2) is 5.76 Å². The molecular formula is C21H23ClN2O3. The van der Waals surface area contributed by atoms with Gasteiger partial charge in [-0.05, 0) is 55.5 Å². The average Bonchev–Trinajstić information content (AvgIpc) is 3.11. The Labute approximate surface area is 163 Å². The maximum absolute atomic E-state index is 13.3. The number of rotatable bonds is 6. The smallest absolute Gasteiger partial charge is 0.290 e. The lowest BCUT2D eigenvalue weighted by Gasteiger charge is -2.31. The Morgan fingerprint density at radius 1 is 1.07 bits per heavy atom. The van der Waals surface area contributed by atoms with Gasteiger partial charge in [0.2, 0.25) is 5.91 Å². The Bertz CT molecular complexity index is 793. The highest BCUT2D eigenvalue weighted by Gasteiger charge is 2.42. The van der Waals surface area contributed by atoms with Gasteiger partial charge in [-0.25, -0.2) is 0 Å². The summed E-state index contributed by atoms with van der Waals surface area (Å²) in [5.74, 6) is -0.116. The van der Waals surface area contributed by atoms with E-state index in [4.69, 9.17) is 16.0 Å². The first-order valence-electron chi connectivity index (χ1n) is 9.55. The number of carbonyl (C=O) groups is 2. The fourth-order valence-corrected chi connectivity index (χ4v) is 3.93. The fourth-order valence-electron chi connectivity index (χ4n) is 3.81. The van der Waals surface area contributed by atoms with E-state index in [1.54, 1.807) is 29.2 Å². The molecule has 0 saturated heterocycles. The minimum absolute atomic E-state index is 0.0533. The van der Waals surface area contributed by atoms with Crippen molar-refractivity contribution < 1.29 is 14.0 Å². The molecule has 1 N–H and O–H groups in total. The maximum Gasteiger partial charge on any atom is 0.290 e. The predicted molar refractivity (Wildman–Crippen MR) is 102 cm³/mol. The second-order valence-corrected chi connectivity index (χ2v) is 7.80. The standard InChI is InChI=1S/C21H23ClN2O3/c22-15-9-7-14(8-10-15)19(20(25)23-16-4-1-2-5-16)24(17-11-12-17)21(26)18-6-3-13-27-18/h3,6-10,13,16-17,19H,1-2,4-5,11-12H2,(H,23,25). The second kappa shape index (κ2) is 7.77. The zero-order valence-electron chi connectivity index (χ0n) is 15.1. The lowest BCUT2D eigenvalue weighted by atomic mass is 10.0. The lowest BCUT2D eigenvalue weighted by molar-refractivity contribution is -0.126. The van der Waals surface area contributed by atoms with Crippen molar-refractivity contribution in [1.29, 1.82) is 0 Å². The van der Waals surface area contributed by atoms with Gasteiger partial charge in [-0.15, -0.1) is 0 Å². The van der Waals surface area contributed by atoms with E-state index in [0.717, 1.165) is 44.1 Å². The van der Waals surface area contributed by atoms with Crippen molar-refractivity contribution in [3.05, 3.63) is 59.0 Å². The number of benzene rings is 1. The maximum atomic E-state index is 13.3. The third-order valence-corrected chi connectivity index (χ3v) is 5.57. The van der Waals surface area contributed by atoms with E-state index in [1.165, 1.54) is 6.26 Å². The van der Waals surface area contributed by atoms with E-state index in [1.807, 2.05) is 12.1 Å². The van der Waals surface area contributed by atoms with Crippen LogP contribution in [0.3, 0.4) is 0 Å². The van der Waals surface area contributed by atoms with Gasteiger partial charge in [-0.3, -0.25) is 9.59 Å². The minimum atomic E-state index is -0.687. The number of halogens is 1. The minimum Gasteiger partial charge on any atom is -0.459 e. The van der Waals surface area contributed by atoms with Gasteiger partial charge in [0.05, 0.1) is 6.26 Å². The second-order valence-electron chi connectivity index (χ2n) is 7.36. The van der Waals surface area contributed by atoms with Crippen LogP contribution in [-0.2, 0) is 4.79 Å². The molecule has 1 heterocycles. The van der Waals surface area contributed by atoms with Gasteiger partial charge < -0.3 is 14.6 Å². The van der Waals surface area contributed by atoms with Crippen LogP contribution in [0, 0.1) is 0 Å². The first-order valence-corrected chi connectivity index (χ1v) is 9.93. The van der Waals surface area contributed by atoms with Crippen molar-refractivity contribution in [3.8, 4) is 0 Å². The van der Waals surface area contributed by atoms with Crippen molar-refractivity contribution in [2.75, 3.05) is 0 Å². The fraction of sp³-hybridized carbons (Fsp3) is 0.429. The number of carbonyl (C=O) groups excluding carboxylic acids is 2. The summed E-state index contributed by atoms with van der Waals surface area (Å²) in [6.45, 7) is 0. The van der Waals surface area contributed by atoms with Crippen LogP contribution in [0.5, 0.6) is 0 Å². The summed E-state index contributed by atoms with van der Waals surface area (Å²) in [6, 6.07) is 10.1. The van der Waals surface area contributed by atoms with Gasteiger partial charge in [0.25, 0.3) is 5.91 Å². The molecule has 6 heteroatoms. The molecule has 1 aromatic carbocycles. The molecule has 142 valence electrons. The lowest BCUT2D eigenvalue weighted by Crippen LogP contribution is -2.47. The molecule has 5 nitrogen and oxygen atoms in total. The van der Waals surface area contributed by atoms with Crippen molar-refractivity contribution in [2.45, 2.75) is 56.7 Å². The Hall–Kier alpha value is -2.27. The van der Waals surface area contributed by atoms with Gasteiger partial charge in [0, 0.05) is 17.1 Å². The zero-order chi connectivity index (χ0) is 18.8. The monoisotopic (exact) mass is 386 g/mol. The van der Waals surface area contributed by atoms with Crippen molar-refractivity contribution in [3.63, 3.8) is 0 Å². The van der Waals surface area contributed by atoms with E-state index in [0.29, 0.717) is 5.02 Å². The molecule has 1 atom stereocenters. The van der Waals surface area contributed by atoms with Gasteiger partial charge >= 0.3 is 0 Å². The van der Waals surface area contributed by atoms with Crippen LogP contribution in [0.25, 0.3) is 0 Å². The van der Waals surface area contributed by atoms with E-state index in [9.17, 15) is 9.59 Å². The number of amides is 2. The molecule has 2 saturated carbocycles. The molecule has 0 spiro atoms. The highest BCUT2D eigenvalue weighted by molar-refractivity contribution is 6.30. The Balaban J connectivity index is 1.67. The van der Waals surface area contributed by atoms with Crippen LogP contribution >= 0.6 is 11.6 Å². The normalized spacial score (nSPS) is 18.3. The first kappa shape index (κ1) is 18.1. The van der Waals surface area contributed by atoms with E-state index in [2.05, 4.69) is 5.32 Å².